The third kappa shape index (κ3) is 1.41. The Balaban J connectivity index is 2.67. The van der Waals surface area contributed by atoms with E-state index < -0.39 is 5.03 Å². The molecule has 10 heavy (non-hydrogen) atoms. The van der Waals surface area contributed by atoms with Crippen LogP contribution in [-0.2, 0) is 7.05 Å². The molecular formula is C3H6N5O2+. The fourth-order valence-electron chi connectivity index (χ4n) is 0.523. The molecule has 7 nitrogen and oxygen atoms in total. The van der Waals surface area contributed by atoms with Crippen molar-refractivity contribution in [1.29, 1.82) is 0 Å². The number of nitro groups is 1. The van der Waals surface area contributed by atoms with Crippen molar-refractivity contribution in [1.82, 2.24) is 9.78 Å². The summed E-state index contributed by atoms with van der Waals surface area (Å²) in [4.78, 5) is 9.81. The molecule has 0 aromatic carbocycles. The molecule has 1 aromatic rings. The first-order valence-corrected chi connectivity index (χ1v) is 2.49. The molecule has 0 aliphatic rings. The maximum atomic E-state index is 9.81. The number of rotatable bonds is 2. The van der Waals surface area contributed by atoms with Gasteiger partial charge in [-0.05, 0) is 10.2 Å². The Bertz CT molecular complexity index is 243. The summed E-state index contributed by atoms with van der Waals surface area (Å²) in [7, 11) is 1.66. The Labute approximate surface area is 56.0 Å². The molecule has 0 aliphatic carbocycles. The number of hydrogen-bond donors (Lipinski definition) is 1. The number of nitrogens with one attached hydrogen (secondary N) is 1. The SMILES string of the molecule is Cn1c[n+](N[N+](=O)[O-])cn1. The van der Waals surface area contributed by atoms with Crippen LogP contribution in [0.2, 0.25) is 0 Å². The standard InChI is InChI=1S/C3H6N5O2/c1-6-3-7(2-4-6)5-8(9)10/h2-3,5H,1H3/q+1. The van der Waals surface area contributed by atoms with Crippen LogP contribution in [0.15, 0.2) is 12.7 Å². The van der Waals surface area contributed by atoms with Gasteiger partial charge in [-0.2, -0.15) is 0 Å². The second-order valence-corrected chi connectivity index (χ2v) is 1.68. The van der Waals surface area contributed by atoms with Crippen LogP contribution in [-0.4, -0.2) is 14.8 Å². The lowest BCUT2D eigenvalue weighted by Crippen LogP contribution is -2.46. The highest BCUT2D eigenvalue weighted by Gasteiger charge is 2.05. The van der Waals surface area contributed by atoms with Gasteiger partial charge >= 0.3 is 12.7 Å². The van der Waals surface area contributed by atoms with Crippen molar-refractivity contribution in [3.63, 3.8) is 0 Å². The Morgan fingerprint density at radius 2 is 2.60 bits per heavy atom. The van der Waals surface area contributed by atoms with Gasteiger partial charge in [0.2, 0.25) is 0 Å². The summed E-state index contributed by atoms with van der Waals surface area (Å²) in [5.41, 5.74) is 1.88. The third-order valence-electron chi connectivity index (χ3n) is 0.847. The van der Waals surface area contributed by atoms with Gasteiger partial charge in [-0.25, -0.2) is 0 Å². The molecule has 0 amide bonds. The van der Waals surface area contributed by atoms with Gasteiger partial charge in [0.05, 0.1) is 0 Å². The average Bonchev–Trinajstić information content (AvgIpc) is 2.13. The van der Waals surface area contributed by atoms with Crippen LogP contribution < -0.4 is 10.2 Å². The molecule has 7 heteroatoms. The van der Waals surface area contributed by atoms with Crippen molar-refractivity contribution >= 4 is 0 Å². The topological polar surface area (TPSA) is 76.9 Å². The van der Waals surface area contributed by atoms with E-state index >= 15 is 0 Å². The van der Waals surface area contributed by atoms with Crippen LogP contribution >= 0.6 is 0 Å². The number of aryl methyl sites for hydroxylation is 1. The van der Waals surface area contributed by atoms with Crippen molar-refractivity contribution in [3.05, 3.63) is 22.8 Å². The minimum Gasteiger partial charge on any atom is -0.339 e. The molecule has 1 heterocycles. The lowest BCUT2D eigenvalue weighted by molar-refractivity contribution is -0.774. The molecule has 1 rings (SSSR count). The number of aromatic nitrogens is 3. The predicted octanol–water partition coefficient (Wildman–Crippen LogP) is -1.56. The Hall–Kier alpha value is -1.66. The van der Waals surface area contributed by atoms with Crippen molar-refractivity contribution in [3.8, 4) is 0 Å². The Morgan fingerprint density at radius 1 is 1.90 bits per heavy atom. The molecular weight excluding hydrogens is 138 g/mol. The highest BCUT2D eigenvalue weighted by Crippen LogP contribution is 1.65. The lowest BCUT2D eigenvalue weighted by Gasteiger charge is -1.90. The number of hydrogen-bond acceptors (Lipinski definition) is 3. The van der Waals surface area contributed by atoms with Gasteiger partial charge < -0.3 is 10.1 Å². The monoisotopic (exact) mass is 144 g/mol. The summed E-state index contributed by atoms with van der Waals surface area (Å²) in [5, 5.41) is 12.8. The predicted molar refractivity (Wildman–Crippen MR) is 29.8 cm³/mol. The summed E-state index contributed by atoms with van der Waals surface area (Å²) in [6.07, 6.45) is 2.73. The molecule has 0 saturated heterocycles. The first-order chi connectivity index (χ1) is 4.68. The fourth-order valence-corrected chi connectivity index (χ4v) is 0.523. The van der Waals surface area contributed by atoms with Gasteiger partial charge in [0.1, 0.15) is 12.1 Å². The van der Waals surface area contributed by atoms with E-state index in [9.17, 15) is 10.1 Å². The average molecular weight is 144 g/mol. The zero-order valence-corrected chi connectivity index (χ0v) is 5.26. The molecule has 0 saturated carbocycles. The van der Waals surface area contributed by atoms with E-state index in [1.54, 1.807) is 7.05 Å². The summed E-state index contributed by atoms with van der Waals surface area (Å²) in [6.45, 7) is 0. The first kappa shape index (κ1) is 6.46. The zero-order valence-electron chi connectivity index (χ0n) is 5.26. The molecule has 1 N–H and O–H groups in total. The van der Waals surface area contributed by atoms with Crippen LogP contribution in [0.4, 0.5) is 0 Å². The van der Waals surface area contributed by atoms with Crippen molar-refractivity contribution in [2.75, 3.05) is 5.53 Å². The molecule has 0 unspecified atom stereocenters. The number of nitrogens with zero attached hydrogens (tertiary/aromatic N) is 4. The molecule has 0 bridgehead atoms. The van der Waals surface area contributed by atoms with Crippen LogP contribution in [0.25, 0.3) is 0 Å². The molecule has 54 valence electrons. The third-order valence-corrected chi connectivity index (χ3v) is 0.847. The summed E-state index contributed by atoms with van der Waals surface area (Å²) in [6, 6.07) is 0. The van der Waals surface area contributed by atoms with Gasteiger partial charge in [0.15, 0.2) is 0 Å². The van der Waals surface area contributed by atoms with Gasteiger partial charge in [-0.1, -0.05) is 4.68 Å². The second-order valence-electron chi connectivity index (χ2n) is 1.68. The van der Waals surface area contributed by atoms with Crippen LogP contribution in [0, 0.1) is 10.1 Å². The molecule has 1 aromatic heterocycles. The number of hydrazine groups is 1. The summed E-state index contributed by atoms with van der Waals surface area (Å²) < 4.78 is 2.58. The minimum atomic E-state index is -0.665. The van der Waals surface area contributed by atoms with Gasteiger partial charge in [-0.3, -0.25) is 0 Å². The van der Waals surface area contributed by atoms with Crippen LogP contribution in [0.3, 0.4) is 0 Å². The maximum absolute atomic E-state index is 9.81. The first-order valence-electron chi connectivity index (χ1n) is 2.49. The van der Waals surface area contributed by atoms with Crippen molar-refractivity contribution < 1.29 is 9.71 Å². The molecule has 0 spiro atoms. The van der Waals surface area contributed by atoms with Crippen LogP contribution in [0.1, 0.15) is 0 Å². The molecule has 0 atom stereocenters. The van der Waals surface area contributed by atoms with Gasteiger partial charge in [0, 0.05) is 5.03 Å². The van der Waals surface area contributed by atoms with Gasteiger partial charge in [-0.15, -0.1) is 0 Å². The van der Waals surface area contributed by atoms with E-state index in [-0.39, 0.29) is 0 Å². The van der Waals surface area contributed by atoms with E-state index in [0.29, 0.717) is 0 Å². The normalized spacial score (nSPS) is 9.30. The smallest absolute Gasteiger partial charge is 0.339 e. The summed E-state index contributed by atoms with van der Waals surface area (Å²) >= 11 is 0. The lowest BCUT2D eigenvalue weighted by atomic mass is 11.2. The second kappa shape index (κ2) is 2.29. The highest BCUT2D eigenvalue weighted by molar-refractivity contribution is 4.38. The van der Waals surface area contributed by atoms with E-state index in [4.69, 9.17) is 0 Å². The van der Waals surface area contributed by atoms with E-state index in [1.807, 2.05) is 5.53 Å². The van der Waals surface area contributed by atoms with E-state index in [0.717, 1.165) is 4.68 Å². The largest absolute Gasteiger partial charge is 0.364 e. The quantitative estimate of drug-likeness (QED) is 0.309. The van der Waals surface area contributed by atoms with E-state index in [1.165, 1.54) is 17.3 Å². The minimum absolute atomic E-state index is 0.665. The molecule has 0 aliphatic heterocycles. The van der Waals surface area contributed by atoms with E-state index in [2.05, 4.69) is 5.10 Å². The highest BCUT2D eigenvalue weighted by atomic mass is 16.7. The molecule has 0 fully saturated rings. The fraction of sp³-hybridized carbons (Fsp3) is 0.333. The Morgan fingerprint density at radius 3 is 3.00 bits per heavy atom. The van der Waals surface area contributed by atoms with Gasteiger partial charge in [0.25, 0.3) is 0 Å². The Kier molecular flexibility index (Phi) is 1.48. The van der Waals surface area contributed by atoms with Crippen molar-refractivity contribution in [2.45, 2.75) is 0 Å². The van der Waals surface area contributed by atoms with Crippen LogP contribution in [0.5, 0.6) is 0 Å². The maximum Gasteiger partial charge on any atom is 0.364 e. The summed E-state index contributed by atoms with van der Waals surface area (Å²) in [5.74, 6) is 0. The zero-order chi connectivity index (χ0) is 7.56. The van der Waals surface area contributed by atoms with Crippen molar-refractivity contribution in [2.24, 2.45) is 7.05 Å². The molecule has 0 radical (unpaired) electrons.